The Labute approximate surface area is 149 Å². The van der Waals surface area contributed by atoms with Gasteiger partial charge in [0, 0.05) is 13.6 Å². The van der Waals surface area contributed by atoms with Crippen LogP contribution in [0.15, 0.2) is 14.7 Å². The van der Waals surface area contributed by atoms with Gasteiger partial charge >= 0.3 is 11.7 Å². The minimum Gasteiger partial charge on any atom is -0.468 e. The van der Waals surface area contributed by atoms with Gasteiger partial charge in [-0.05, 0) is 13.3 Å². The zero-order chi connectivity index (χ0) is 18.6. The monoisotopic (exact) mass is 368 g/mol. The molecule has 0 saturated carbocycles. The van der Waals surface area contributed by atoms with Crippen molar-refractivity contribution >= 4 is 28.9 Å². The third-order valence-corrected chi connectivity index (χ3v) is 5.09. The molecule has 1 atom stereocenters. The number of H-pyrrole nitrogens is 1. The first-order valence-corrected chi connectivity index (χ1v) is 9.22. The van der Waals surface area contributed by atoms with Gasteiger partial charge in [0.1, 0.15) is 5.25 Å². The first-order valence-electron chi connectivity index (χ1n) is 8.34. The van der Waals surface area contributed by atoms with Crippen molar-refractivity contribution in [2.45, 2.75) is 56.5 Å². The van der Waals surface area contributed by atoms with Crippen LogP contribution in [-0.4, -0.2) is 37.4 Å². The SMILES string of the molecule is CCCCCCn1c(S[C@@H](C)C(=O)OC)nc2c1c(=O)[nH]c(=O)n2C. The number of nitrogens with one attached hydrogen (secondary N) is 1. The molecule has 2 aromatic heterocycles. The van der Waals surface area contributed by atoms with Crippen LogP contribution in [0.3, 0.4) is 0 Å². The topological polar surface area (TPSA) is 99.0 Å². The van der Waals surface area contributed by atoms with Crippen molar-refractivity contribution in [3.05, 3.63) is 20.8 Å². The Morgan fingerprint density at radius 1 is 1.32 bits per heavy atom. The van der Waals surface area contributed by atoms with Gasteiger partial charge in [0.15, 0.2) is 16.3 Å². The molecule has 0 aliphatic carbocycles. The summed E-state index contributed by atoms with van der Waals surface area (Å²) in [5, 5.41) is 0.0726. The van der Waals surface area contributed by atoms with Gasteiger partial charge in [0.25, 0.3) is 5.56 Å². The summed E-state index contributed by atoms with van der Waals surface area (Å²) < 4.78 is 7.87. The van der Waals surface area contributed by atoms with Crippen LogP contribution in [-0.2, 0) is 23.1 Å². The molecule has 2 aromatic rings. The summed E-state index contributed by atoms with van der Waals surface area (Å²) in [7, 11) is 2.90. The van der Waals surface area contributed by atoms with Crippen LogP contribution >= 0.6 is 11.8 Å². The number of aryl methyl sites for hydroxylation is 2. The van der Waals surface area contributed by atoms with Crippen LogP contribution in [0, 0.1) is 0 Å². The second-order valence-electron chi connectivity index (χ2n) is 5.88. The van der Waals surface area contributed by atoms with Crippen LogP contribution in [0.25, 0.3) is 11.2 Å². The summed E-state index contributed by atoms with van der Waals surface area (Å²) in [5.74, 6) is -0.364. The summed E-state index contributed by atoms with van der Waals surface area (Å²) in [4.78, 5) is 42.6. The second-order valence-corrected chi connectivity index (χ2v) is 7.19. The Balaban J connectivity index is 2.49. The average molecular weight is 368 g/mol. The fourth-order valence-corrected chi connectivity index (χ4v) is 3.54. The Kier molecular flexibility index (Phi) is 6.46. The van der Waals surface area contributed by atoms with Crippen molar-refractivity contribution in [1.29, 1.82) is 0 Å². The lowest BCUT2D eigenvalue weighted by atomic mass is 10.2. The van der Waals surface area contributed by atoms with Crippen LogP contribution in [0.4, 0.5) is 0 Å². The fraction of sp³-hybridized carbons (Fsp3) is 0.625. The Morgan fingerprint density at radius 2 is 2.04 bits per heavy atom. The number of nitrogens with zero attached hydrogens (tertiary/aromatic N) is 3. The van der Waals surface area contributed by atoms with Gasteiger partial charge in [0.2, 0.25) is 0 Å². The van der Waals surface area contributed by atoms with Crippen LogP contribution in [0.5, 0.6) is 0 Å². The van der Waals surface area contributed by atoms with E-state index in [9.17, 15) is 14.4 Å². The highest BCUT2D eigenvalue weighted by molar-refractivity contribution is 8.00. The molecule has 1 N–H and O–H groups in total. The summed E-state index contributed by atoms with van der Waals surface area (Å²) >= 11 is 1.22. The summed E-state index contributed by atoms with van der Waals surface area (Å²) in [6.07, 6.45) is 4.15. The van der Waals surface area contributed by atoms with E-state index in [-0.39, 0.29) is 5.97 Å². The molecule has 0 amide bonds. The normalized spacial score (nSPS) is 12.5. The minimum atomic E-state index is -0.509. The van der Waals surface area contributed by atoms with E-state index in [4.69, 9.17) is 4.74 Å². The molecule has 0 fully saturated rings. The van der Waals surface area contributed by atoms with E-state index in [0.717, 1.165) is 25.7 Å². The molecule has 138 valence electrons. The lowest BCUT2D eigenvalue weighted by Gasteiger charge is -2.11. The predicted octanol–water partition coefficient (Wildman–Crippen LogP) is 1.66. The smallest absolute Gasteiger partial charge is 0.329 e. The number of carbonyl (C=O) groups is 1. The maximum absolute atomic E-state index is 12.3. The number of esters is 1. The lowest BCUT2D eigenvalue weighted by Crippen LogP contribution is -2.29. The van der Waals surface area contributed by atoms with E-state index in [2.05, 4.69) is 16.9 Å². The molecule has 0 bridgehead atoms. The van der Waals surface area contributed by atoms with E-state index in [1.807, 2.05) is 0 Å². The number of imidazole rings is 1. The number of aromatic nitrogens is 4. The standard InChI is InChI=1S/C16H24N4O4S/c1-5-6-7-8-9-20-11-12(19(3)15(23)18-13(11)21)17-16(20)25-10(2)14(22)24-4/h10H,5-9H2,1-4H3,(H,18,21,23)/t10-/m0/s1. The Morgan fingerprint density at radius 3 is 2.68 bits per heavy atom. The van der Waals surface area contributed by atoms with Crippen LogP contribution in [0.1, 0.15) is 39.5 Å². The van der Waals surface area contributed by atoms with E-state index in [0.29, 0.717) is 22.9 Å². The molecule has 2 heterocycles. The third-order valence-electron chi connectivity index (χ3n) is 4.02. The van der Waals surface area contributed by atoms with Crippen molar-refractivity contribution < 1.29 is 9.53 Å². The van der Waals surface area contributed by atoms with E-state index >= 15 is 0 Å². The quantitative estimate of drug-likeness (QED) is 0.432. The van der Waals surface area contributed by atoms with Gasteiger partial charge in [-0.3, -0.25) is 19.1 Å². The highest BCUT2D eigenvalue weighted by Crippen LogP contribution is 2.26. The number of rotatable bonds is 8. The number of thioether (sulfide) groups is 1. The van der Waals surface area contributed by atoms with Gasteiger partial charge in [-0.15, -0.1) is 0 Å². The van der Waals surface area contributed by atoms with E-state index in [1.165, 1.54) is 23.4 Å². The molecule has 0 aliphatic heterocycles. The van der Waals surface area contributed by atoms with Crippen LogP contribution in [0.2, 0.25) is 0 Å². The Hall–Kier alpha value is -2.03. The Bertz CT molecular complexity index is 867. The molecule has 0 aromatic carbocycles. The fourth-order valence-electron chi connectivity index (χ4n) is 2.58. The third kappa shape index (κ3) is 4.15. The van der Waals surface area contributed by atoms with Crippen molar-refractivity contribution in [3.63, 3.8) is 0 Å². The molecule has 0 radical (unpaired) electrons. The van der Waals surface area contributed by atoms with Gasteiger partial charge in [-0.1, -0.05) is 37.9 Å². The molecule has 0 saturated heterocycles. The second kappa shape index (κ2) is 8.37. The van der Waals surface area contributed by atoms with Crippen molar-refractivity contribution in [2.24, 2.45) is 7.05 Å². The molecule has 0 unspecified atom stereocenters. The summed E-state index contributed by atoms with van der Waals surface area (Å²) in [6.45, 7) is 4.46. The molecular formula is C16H24N4O4S. The largest absolute Gasteiger partial charge is 0.468 e. The minimum absolute atomic E-state index is 0.323. The number of fused-ring (bicyclic) bond motifs is 1. The van der Waals surface area contributed by atoms with Crippen molar-refractivity contribution in [1.82, 2.24) is 19.1 Å². The zero-order valence-corrected chi connectivity index (χ0v) is 15.8. The number of aromatic amines is 1. The number of carbonyl (C=O) groups excluding carboxylic acids is 1. The van der Waals surface area contributed by atoms with Crippen LogP contribution < -0.4 is 11.2 Å². The highest BCUT2D eigenvalue weighted by Gasteiger charge is 2.22. The zero-order valence-electron chi connectivity index (χ0n) is 15.0. The van der Waals surface area contributed by atoms with E-state index in [1.54, 1.807) is 18.5 Å². The first kappa shape index (κ1) is 19.3. The molecule has 9 heteroatoms. The average Bonchev–Trinajstić information content (AvgIpc) is 2.94. The van der Waals surface area contributed by atoms with Gasteiger partial charge in [-0.25, -0.2) is 9.78 Å². The number of hydrogen-bond acceptors (Lipinski definition) is 6. The molecule has 2 rings (SSSR count). The summed E-state index contributed by atoms with van der Waals surface area (Å²) in [6, 6.07) is 0. The number of hydrogen-bond donors (Lipinski definition) is 1. The molecule has 25 heavy (non-hydrogen) atoms. The number of methoxy groups -OCH3 is 1. The maximum atomic E-state index is 12.3. The number of unbranched alkanes of at least 4 members (excludes halogenated alkanes) is 3. The molecule has 0 aliphatic rings. The number of ether oxygens (including phenoxy) is 1. The van der Waals surface area contributed by atoms with E-state index < -0.39 is 16.5 Å². The van der Waals surface area contributed by atoms with Gasteiger partial charge in [-0.2, -0.15) is 0 Å². The van der Waals surface area contributed by atoms with Crippen molar-refractivity contribution in [2.75, 3.05) is 7.11 Å². The predicted molar refractivity (Wildman–Crippen MR) is 97.1 cm³/mol. The molecular weight excluding hydrogens is 344 g/mol. The van der Waals surface area contributed by atoms with Gasteiger partial charge in [0.05, 0.1) is 7.11 Å². The molecule has 0 spiro atoms. The van der Waals surface area contributed by atoms with Crippen molar-refractivity contribution in [3.8, 4) is 0 Å². The first-order chi connectivity index (χ1) is 11.9. The lowest BCUT2D eigenvalue weighted by molar-refractivity contribution is -0.139. The maximum Gasteiger partial charge on any atom is 0.329 e. The summed E-state index contributed by atoms with van der Waals surface area (Å²) in [5.41, 5.74) is -0.286. The highest BCUT2D eigenvalue weighted by atomic mass is 32.2. The molecule has 8 nitrogen and oxygen atoms in total. The van der Waals surface area contributed by atoms with Gasteiger partial charge < -0.3 is 9.30 Å².